The Morgan fingerprint density at radius 3 is 2.70 bits per heavy atom. The van der Waals surface area contributed by atoms with Gasteiger partial charge in [-0.2, -0.15) is 11.8 Å². The molecule has 1 aromatic carbocycles. The van der Waals surface area contributed by atoms with Gasteiger partial charge in [-0.05, 0) is 55.7 Å². The van der Waals surface area contributed by atoms with E-state index in [1.165, 1.54) is 0 Å². The fourth-order valence-electron chi connectivity index (χ4n) is 4.64. The fourth-order valence-corrected chi connectivity index (χ4v) is 6.42. The molecule has 2 aromatic rings. The highest BCUT2D eigenvalue weighted by atomic mass is 35.5. The van der Waals surface area contributed by atoms with Crippen molar-refractivity contribution < 1.29 is 14.3 Å². The predicted molar refractivity (Wildman–Crippen MR) is 137 cm³/mol. The first-order valence-corrected chi connectivity index (χ1v) is 13.5. The Balaban J connectivity index is 1.70. The van der Waals surface area contributed by atoms with Crippen LogP contribution >= 0.6 is 34.7 Å². The molecule has 7 heteroatoms. The second-order valence-electron chi connectivity index (χ2n) is 8.32. The van der Waals surface area contributed by atoms with Crippen molar-refractivity contribution in [1.29, 1.82) is 0 Å². The lowest BCUT2D eigenvalue weighted by atomic mass is 9.73. The summed E-state index contributed by atoms with van der Waals surface area (Å²) in [6, 6.07) is 11.8. The first-order chi connectivity index (χ1) is 15.9. The lowest BCUT2D eigenvalue weighted by Crippen LogP contribution is -2.36. The Bertz CT molecular complexity index is 1130. The van der Waals surface area contributed by atoms with Crippen molar-refractivity contribution >= 4 is 46.5 Å². The van der Waals surface area contributed by atoms with Crippen LogP contribution in [0.5, 0.6) is 0 Å². The highest BCUT2D eigenvalue weighted by Crippen LogP contribution is 2.47. The number of esters is 1. The van der Waals surface area contributed by atoms with Gasteiger partial charge in [-0.3, -0.25) is 4.79 Å². The van der Waals surface area contributed by atoms with E-state index in [-0.39, 0.29) is 17.7 Å². The first-order valence-electron chi connectivity index (χ1n) is 11.2. The van der Waals surface area contributed by atoms with Gasteiger partial charge in [0, 0.05) is 43.9 Å². The molecule has 0 spiro atoms. The van der Waals surface area contributed by atoms with Crippen LogP contribution in [0, 0.1) is 6.92 Å². The quantitative estimate of drug-likeness (QED) is 0.353. The van der Waals surface area contributed by atoms with Crippen LogP contribution in [0.2, 0.25) is 5.02 Å². The largest absolute Gasteiger partial charge is 0.461 e. The second kappa shape index (κ2) is 10.5. The second-order valence-corrected chi connectivity index (χ2v) is 11.4. The molecule has 4 rings (SSSR count). The number of hydrogen-bond acceptors (Lipinski definition) is 6. The third-order valence-electron chi connectivity index (χ3n) is 6.10. The lowest BCUT2D eigenvalue weighted by molar-refractivity contribution is -0.138. The van der Waals surface area contributed by atoms with Crippen LogP contribution in [-0.4, -0.2) is 29.9 Å². The molecule has 0 unspecified atom stereocenters. The van der Waals surface area contributed by atoms with Gasteiger partial charge in [-0.25, -0.2) is 4.79 Å². The van der Waals surface area contributed by atoms with E-state index in [4.69, 9.17) is 16.3 Å². The van der Waals surface area contributed by atoms with Gasteiger partial charge in [0.1, 0.15) is 6.61 Å². The molecule has 0 bridgehead atoms. The standard InChI is InChI=1S/C26H28ClNO3S2/c1-4-32-12-11-31-26(30)23-16(3)28-20-13-17(18-7-5-6-8-19(18)27)14-21(29)24(20)25(23)22-10-9-15(2)33-22/h5-10,17,25,28H,4,11-14H2,1-3H3/t17-,25-/m1/s1. The summed E-state index contributed by atoms with van der Waals surface area (Å²) < 4.78 is 5.63. The van der Waals surface area contributed by atoms with Crippen molar-refractivity contribution in [2.45, 2.75) is 45.4 Å². The summed E-state index contributed by atoms with van der Waals surface area (Å²) in [5.74, 6) is 1.07. The zero-order valence-corrected chi connectivity index (χ0v) is 21.5. The number of benzene rings is 1. The molecule has 0 amide bonds. The molecule has 1 N–H and O–H groups in total. The number of thioether (sulfide) groups is 1. The van der Waals surface area contributed by atoms with Gasteiger partial charge >= 0.3 is 5.97 Å². The Morgan fingerprint density at radius 2 is 2.00 bits per heavy atom. The van der Waals surface area contributed by atoms with Crippen LogP contribution in [0.1, 0.15) is 53.8 Å². The highest BCUT2D eigenvalue weighted by molar-refractivity contribution is 7.99. The zero-order chi connectivity index (χ0) is 23.5. The number of Topliss-reactive ketones (excluding diaryl/α,β-unsaturated/α-hetero) is 1. The summed E-state index contributed by atoms with van der Waals surface area (Å²) in [4.78, 5) is 28.9. The monoisotopic (exact) mass is 501 g/mol. The molecule has 1 aromatic heterocycles. The van der Waals surface area contributed by atoms with E-state index in [2.05, 4.69) is 12.2 Å². The molecule has 4 nitrogen and oxygen atoms in total. The topological polar surface area (TPSA) is 55.4 Å². The van der Waals surface area contributed by atoms with Crippen molar-refractivity contribution in [3.63, 3.8) is 0 Å². The van der Waals surface area contributed by atoms with E-state index in [9.17, 15) is 9.59 Å². The van der Waals surface area contributed by atoms with E-state index < -0.39 is 5.92 Å². The number of dihydropyridines is 1. The third-order valence-corrected chi connectivity index (χ3v) is 8.38. The maximum absolute atomic E-state index is 13.6. The summed E-state index contributed by atoms with van der Waals surface area (Å²) in [5.41, 5.74) is 3.88. The molecule has 2 atom stereocenters. The highest BCUT2D eigenvalue weighted by Gasteiger charge is 2.42. The zero-order valence-electron chi connectivity index (χ0n) is 19.1. The molecule has 1 aliphatic heterocycles. The van der Waals surface area contributed by atoms with Crippen LogP contribution in [0.25, 0.3) is 0 Å². The predicted octanol–water partition coefficient (Wildman–Crippen LogP) is 6.37. The van der Waals surface area contributed by atoms with Gasteiger partial charge in [0.25, 0.3) is 0 Å². The number of halogens is 1. The molecule has 2 aliphatic rings. The number of ketones is 1. The minimum Gasteiger partial charge on any atom is -0.461 e. The van der Waals surface area contributed by atoms with Gasteiger partial charge in [0.2, 0.25) is 0 Å². The number of rotatable bonds is 7. The van der Waals surface area contributed by atoms with Crippen LogP contribution < -0.4 is 5.32 Å². The number of nitrogens with one attached hydrogen (secondary N) is 1. The number of aryl methyl sites for hydroxylation is 1. The summed E-state index contributed by atoms with van der Waals surface area (Å²) in [5, 5.41) is 4.08. The van der Waals surface area contributed by atoms with Crippen molar-refractivity contribution in [3.8, 4) is 0 Å². The van der Waals surface area contributed by atoms with Gasteiger partial charge in [0.05, 0.1) is 11.5 Å². The molecule has 0 fully saturated rings. The Kier molecular flexibility index (Phi) is 7.67. The first kappa shape index (κ1) is 24.1. The van der Waals surface area contributed by atoms with Crippen molar-refractivity contribution in [1.82, 2.24) is 5.32 Å². The molecule has 33 heavy (non-hydrogen) atoms. The number of ether oxygens (including phenoxy) is 1. The van der Waals surface area contributed by atoms with Crippen LogP contribution in [0.15, 0.2) is 58.9 Å². The number of carbonyl (C=O) groups is 2. The molecule has 174 valence electrons. The molecular formula is C26H28ClNO3S2. The summed E-state index contributed by atoms with van der Waals surface area (Å²) in [6.45, 7) is 6.38. The maximum Gasteiger partial charge on any atom is 0.336 e. The van der Waals surface area contributed by atoms with Gasteiger partial charge < -0.3 is 10.1 Å². The molecular weight excluding hydrogens is 474 g/mol. The van der Waals surface area contributed by atoms with Crippen LogP contribution in [0.3, 0.4) is 0 Å². The summed E-state index contributed by atoms with van der Waals surface area (Å²) in [7, 11) is 0. The Hall–Kier alpha value is -2.02. The normalized spacial score (nSPS) is 20.5. The average Bonchev–Trinajstić information content (AvgIpc) is 3.21. The van der Waals surface area contributed by atoms with Crippen LogP contribution in [-0.2, 0) is 14.3 Å². The van der Waals surface area contributed by atoms with Crippen molar-refractivity contribution in [2.75, 3.05) is 18.1 Å². The molecule has 2 heterocycles. The SMILES string of the molecule is CCSCCOC(=O)C1=C(C)NC2=C(C(=O)C[C@H](c3ccccc3Cl)C2)[C@@H]1c1ccc(C)s1. The number of allylic oxidation sites excluding steroid dienone is 3. The van der Waals surface area contributed by atoms with Gasteiger partial charge in [0.15, 0.2) is 5.78 Å². The van der Waals surface area contributed by atoms with Gasteiger partial charge in [-0.1, -0.05) is 36.7 Å². The van der Waals surface area contributed by atoms with E-state index >= 15 is 0 Å². The van der Waals surface area contributed by atoms with E-state index in [1.54, 1.807) is 23.1 Å². The van der Waals surface area contributed by atoms with Crippen molar-refractivity contribution in [2.24, 2.45) is 0 Å². The lowest BCUT2D eigenvalue weighted by Gasteiger charge is -2.36. The maximum atomic E-state index is 13.6. The summed E-state index contributed by atoms with van der Waals surface area (Å²) >= 11 is 9.81. The summed E-state index contributed by atoms with van der Waals surface area (Å²) in [6.07, 6.45) is 1.05. The van der Waals surface area contributed by atoms with Crippen molar-refractivity contribution in [3.05, 3.63) is 79.3 Å². The molecule has 0 radical (unpaired) electrons. The number of carbonyl (C=O) groups excluding carboxylic acids is 2. The molecule has 1 aliphatic carbocycles. The number of thiophene rings is 1. The van der Waals surface area contributed by atoms with Gasteiger partial charge in [-0.15, -0.1) is 11.3 Å². The number of hydrogen-bond donors (Lipinski definition) is 1. The molecule has 0 saturated heterocycles. The average molecular weight is 502 g/mol. The smallest absolute Gasteiger partial charge is 0.336 e. The molecule has 0 saturated carbocycles. The third kappa shape index (κ3) is 5.08. The van der Waals surface area contributed by atoms with E-state index in [1.807, 2.05) is 50.2 Å². The minimum atomic E-state index is -0.397. The fraction of sp³-hybridized carbons (Fsp3) is 0.385. The van der Waals surface area contributed by atoms with E-state index in [0.29, 0.717) is 35.6 Å². The minimum absolute atomic E-state index is 0.00976. The Morgan fingerprint density at radius 1 is 1.21 bits per heavy atom. The Labute approximate surface area is 208 Å². The van der Waals surface area contributed by atoms with E-state index in [0.717, 1.165) is 38.2 Å². The van der Waals surface area contributed by atoms with Crippen LogP contribution in [0.4, 0.5) is 0 Å².